The summed E-state index contributed by atoms with van der Waals surface area (Å²) >= 11 is 0. The van der Waals surface area contributed by atoms with E-state index in [1.807, 2.05) is 35.9 Å². The summed E-state index contributed by atoms with van der Waals surface area (Å²) in [6.45, 7) is 4.53. The molecule has 182 valence electrons. The van der Waals surface area contributed by atoms with Gasteiger partial charge < -0.3 is 9.88 Å². The fourth-order valence-electron chi connectivity index (χ4n) is 5.60. The van der Waals surface area contributed by atoms with Crippen LogP contribution in [0.1, 0.15) is 54.0 Å². The van der Waals surface area contributed by atoms with Gasteiger partial charge in [-0.2, -0.15) is 18.4 Å². The van der Waals surface area contributed by atoms with Gasteiger partial charge in [-0.1, -0.05) is 36.4 Å². The number of para-hydroxylation sites is 1. The topological polar surface area (TPSA) is 88.5 Å². The van der Waals surface area contributed by atoms with Gasteiger partial charge in [-0.05, 0) is 55.0 Å². The maximum Gasteiger partial charge on any atom is 0.416 e. The number of amides is 1. The molecule has 4 aromatic rings. The first-order valence-electron chi connectivity index (χ1n) is 11.3. The molecule has 0 unspecified atom stereocenters. The first kappa shape index (κ1) is 23.1. The maximum absolute atomic E-state index is 13.4. The second-order valence-electron chi connectivity index (χ2n) is 10.1. The molecule has 2 N–H and O–H groups in total. The quantitative estimate of drug-likeness (QED) is 0.415. The van der Waals surface area contributed by atoms with Gasteiger partial charge in [0.05, 0.1) is 16.6 Å². The van der Waals surface area contributed by atoms with Crippen LogP contribution in [0.4, 0.5) is 13.2 Å². The summed E-state index contributed by atoms with van der Waals surface area (Å²) in [4.78, 5) is 13.4. The third kappa shape index (κ3) is 4.65. The van der Waals surface area contributed by atoms with E-state index in [-0.39, 0.29) is 16.9 Å². The zero-order chi connectivity index (χ0) is 24.8. The highest BCUT2D eigenvalue weighted by Crippen LogP contribution is 2.49. The number of aromatic nitrogens is 5. The predicted molar refractivity (Wildman–Crippen MR) is 124 cm³/mol. The molecule has 2 heterocycles. The SMILES string of the molecule is CC1(Cc2nn[nH]n2)CC(C)(NC(=O)c2cccc3ccn(Cc4ccc(C(F)(F)F)cc4)c23)C1. The summed E-state index contributed by atoms with van der Waals surface area (Å²) in [5.41, 5.74) is 0.936. The van der Waals surface area contributed by atoms with Gasteiger partial charge in [0.1, 0.15) is 0 Å². The molecule has 0 atom stereocenters. The van der Waals surface area contributed by atoms with Crippen LogP contribution in [-0.2, 0) is 19.1 Å². The van der Waals surface area contributed by atoms with Crippen LogP contribution in [0.3, 0.4) is 0 Å². The lowest BCUT2D eigenvalue weighted by Crippen LogP contribution is -2.60. The van der Waals surface area contributed by atoms with Gasteiger partial charge in [-0.15, -0.1) is 10.2 Å². The van der Waals surface area contributed by atoms with Gasteiger partial charge in [-0.25, -0.2) is 0 Å². The number of tetrazole rings is 1. The van der Waals surface area contributed by atoms with E-state index >= 15 is 0 Å². The number of carbonyl (C=O) groups excluding carboxylic acids is 1. The van der Waals surface area contributed by atoms with E-state index in [9.17, 15) is 18.0 Å². The summed E-state index contributed by atoms with van der Waals surface area (Å²) in [6, 6.07) is 12.5. The van der Waals surface area contributed by atoms with Crippen LogP contribution in [0.5, 0.6) is 0 Å². The molecule has 0 aliphatic heterocycles. The van der Waals surface area contributed by atoms with Crippen molar-refractivity contribution in [3.8, 4) is 0 Å². The molecule has 1 saturated carbocycles. The highest BCUT2D eigenvalue weighted by Gasteiger charge is 2.50. The second-order valence-corrected chi connectivity index (χ2v) is 10.1. The van der Waals surface area contributed by atoms with E-state index in [2.05, 4.69) is 32.9 Å². The summed E-state index contributed by atoms with van der Waals surface area (Å²) in [6.07, 6.45) is -0.276. The Balaban J connectivity index is 1.33. The smallest absolute Gasteiger partial charge is 0.347 e. The number of carbonyl (C=O) groups is 1. The van der Waals surface area contributed by atoms with Crippen LogP contribution in [-0.4, -0.2) is 36.6 Å². The monoisotopic (exact) mass is 482 g/mol. The molecule has 0 spiro atoms. The highest BCUT2D eigenvalue weighted by molar-refractivity contribution is 6.06. The molecule has 5 rings (SSSR count). The van der Waals surface area contributed by atoms with Crippen molar-refractivity contribution in [2.45, 2.75) is 51.4 Å². The van der Waals surface area contributed by atoms with Crippen molar-refractivity contribution >= 4 is 16.8 Å². The van der Waals surface area contributed by atoms with Crippen molar-refractivity contribution in [1.29, 1.82) is 0 Å². The fourth-order valence-corrected chi connectivity index (χ4v) is 5.60. The lowest BCUT2D eigenvalue weighted by atomic mass is 9.57. The molecule has 10 heteroatoms. The summed E-state index contributed by atoms with van der Waals surface area (Å²) in [5.74, 6) is 0.485. The molecule has 2 aromatic carbocycles. The van der Waals surface area contributed by atoms with Crippen molar-refractivity contribution in [1.82, 2.24) is 30.5 Å². The number of nitrogens with one attached hydrogen (secondary N) is 2. The van der Waals surface area contributed by atoms with Gasteiger partial charge >= 0.3 is 6.18 Å². The van der Waals surface area contributed by atoms with Crippen LogP contribution >= 0.6 is 0 Å². The number of fused-ring (bicyclic) bond motifs is 1. The fraction of sp³-hybridized carbons (Fsp3) is 0.360. The number of aromatic amines is 1. The first-order chi connectivity index (χ1) is 16.5. The molecule has 1 aliphatic carbocycles. The lowest BCUT2D eigenvalue weighted by Gasteiger charge is -2.53. The van der Waals surface area contributed by atoms with Gasteiger partial charge in [-0.3, -0.25) is 4.79 Å². The Bertz CT molecular complexity index is 1350. The van der Waals surface area contributed by atoms with Crippen LogP contribution in [0.25, 0.3) is 10.9 Å². The number of hydrogen-bond acceptors (Lipinski definition) is 4. The lowest BCUT2D eigenvalue weighted by molar-refractivity contribution is -0.137. The predicted octanol–water partition coefficient (Wildman–Crippen LogP) is 4.75. The Morgan fingerprint density at radius 3 is 2.51 bits per heavy atom. The van der Waals surface area contributed by atoms with Crippen LogP contribution in [0.15, 0.2) is 54.7 Å². The summed E-state index contributed by atoms with van der Waals surface area (Å²) in [5, 5.41) is 18.2. The third-order valence-corrected chi connectivity index (χ3v) is 6.69. The van der Waals surface area contributed by atoms with Gasteiger partial charge in [0.2, 0.25) is 0 Å². The molecule has 1 amide bonds. The van der Waals surface area contributed by atoms with Crippen LogP contribution < -0.4 is 5.32 Å². The molecule has 0 bridgehead atoms. The molecule has 0 saturated heterocycles. The molecule has 1 fully saturated rings. The molecular formula is C25H25F3N6O. The van der Waals surface area contributed by atoms with E-state index in [0.717, 1.165) is 35.9 Å². The number of nitrogens with zero attached hydrogens (tertiary/aromatic N) is 4. The largest absolute Gasteiger partial charge is 0.416 e. The Hall–Kier alpha value is -3.69. The highest BCUT2D eigenvalue weighted by atomic mass is 19.4. The maximum atomic E-state index is 13.4. The molecule has 1 aliphatic rings. The number of halogens is 3. The van der Waals surface area contributed by atoms with Gasteiger partial charge in [0.25, 0.3) is 5.91 Å². The van der Waals surface area contributed by atoms with Crippen LogP contribution in [0.2, 0.25) is 0 Å². The van der Waals surface area contributed by atoms with Crippen molar-refractivity contribution in [3.05, 3.63) is 77.2 Å². The molecule has 2 aromatic heterocycles. The third-order valence-electron chi connectivity index (χ3n) is 6.69. The van der Waals surface area contributed by atoms with E-state index < -0.39 is 11.7 Å². The first-order valence-corrected chi connectivity index (χ1v) is 11.3. The molecular weight excluding hydrogens is 457 g/mol. The minimum Gasteiger partial charge on any atom is -0.347 e. The van der Waals surface area contributed by atoms with E-state index in [0.29, 0.717) is 29.9 Å². The number of H-pyrrole nitrogens is 1. The number of benzene rings is 2. The molecule has 35 heavy (non-hydrogen) atoms. The molecule has 7 nitrogen and oxygen atoms in total. The van der Waals surface area contributed by atoms with Crippen molar-refractivity contribution in [2.24, 2.45) is 5.41 Å². The standard InChI is InChI=1S/C25H25F3N6O/c1-23(12-20-30-32-33-31-20)14-24(2,15-23)29-22(35)19-5-3-4-17-10-11-34(21(17)19)13-16-6-8-18(9-7-16)25(26,27)28/h3-11H,12-15H2,1-2H3,(H,29,35)(H,30,31,32,33). The van der Waals surface area contributed by atoms with E-state index in [1.165, 1.54) is 12.1 Å². The number of hydrogen-bond donors (Lipinski definition) is 2. The van der Waals surface area contributed by atoms with Gasteiger partial charge in [0, 0.05) is 30.1 Å². The van der Waals surface area contributed by atoms with Crippen molar-refractivity contribution in [3.63, 3.8) is 0 Å². The van der Waals surface area contributed by atoms with E-state index in [1.54, 1.807) is 6.07 Å². The van der Waals surface area contributed by atoms with E-state index in [4.69, 9.17) is 0 Å². The Labute approximate surface area is 199 Å². The van der Waals surface area contributed by atoms with Gasteiger partial charge in [0.15, 0.2) is 5.82 Å². The van der Waals surface area contributed by atoms with Crippen molar-refractivity contribution < 1.29 is 18.0 Å². The summed E-state index contributed by atoms with van der Waals surface area (Å²) < 4.78 is 40.6. The Kier molecular flexibility index (Phi) is 5.41. The Morgan fingerprint density at radius 2 is 1.86 bits per heavy atom. The molecule has 0 radical (unpaired) electrons. The second kappa shape index (κ2) is 8.21. The zero-order valence-corrected chi connectivity index (χ0v) is 19.4. The number of alkyl halides is 3. The minimum atomic E-state index is -4.37. The normalized spacial score (nSPS) is 22.2. The minimum absolute atomic E-state index is 0.0271. The Morgan fingerprint density at radius 1 is 1.11 bits per heavy atom. The zero-order valence-electron chi connectivity index (χ0n) is 19.4. The van der Waals surface area contributed by atoms with Crippen molar-refractivity contribution in [2.75, 3.05) is 0 Å². The average Bonchev–Trinajstić information content (AvgIpc) is 3.42. The summed E-state index contributed by atoms with van der Waals surface area (Å²) in [7, 11) is 0. The number of rotatable bonds is 6. The average molecular weight is 483 g/mol. The van der Waals surface area contributed by atoms with Crippen LogP contribution in [0, 0.1) is 5.41 Å².